The maximum Gasteiger partial charge on any atom is 0.239 e. The summed E-state index contributed by atoms with van der Waals surface area (Å²) in [6.45, 7) is 4.87. The van der Waals surface area contributed by atoms with Crippen LogP contribution in [0.3, 0.4) is 0 Å². The largest absolute Gasteiger partial charge is 0.383 e. The van der Waals surface area contributed by atoms with E-state index in [1.807, 2.05) is 13.8 Å². The van der Waals surface area contributed by atoms with Crippen LogP contribution in [-0.4, -0.2) is 56.6 Å². The van der Waals surface area contributed by atoms with Gasteiger partial charge in [-0.05, 0) is 19.8 Å². The van der Waals surface area contributed by atoms with Gasteiger partial charge in [0.1, 0.15) is 0 Å². The van der Waals surface area contributed by atoms with Crippen LogP contribution < -0.4 is 11.1 Å². The van der Waals surface area contributed by atoms with E-state index in [0.717, 1.165) is 19.3 Å². The Balaban J connectivity index is 3.97. The highest BCUT2D eigenvalue weighted by Crippen LogP contribution is 2.11. The van der Waals surface area contributed by atoms with Crippen molar-refractivity contribution < 1.29 is 14.3 Å². The Bertz CT molecular complexity index is 295. The molecule has 2 amide bonds. The molecule has 2 atom stereocenters. The van der Waals surface area contributed by atoms with Gasteiger partial charge in [-0.2, -0.15) is 0 Å². The van der Waals surface area contributed by atoms with E-state index in [1.54, 1.807) is 14.2 Å². The molecule has 118 valence electrons. The fourth-order valence-corrected chi connectivity index (χ4v) is 1.89. The molecule has 0 fully saturated rings. The van der Waals surface area contributed by atoms with Crippen LogP contribution >= 0.6 is 0 Å². The third-order valence-electron chi connectivity index (χ3n) is 3.10. The molecule has 0 aromatic carbocycles. The summed E-state index contributed by atoms with van der Waals surface area (Å²) in [5.41, 5.74) is 5.68. The average molecular weight is 287 g/mol. The molecule has 0 bridgehead atoms. The number of nitrogens with one attached hydrogen (secondary N) is 1. The zero-order valence-corrected chi connectivity index (χ0v) is 13.1. The van der Waals surface area contributed by atoms with Crippen LogP contribution in [0.25, 0.3) is 0 Å². The van der Waals surface area contributed by atoms with Crippen molar-refractivity contribution in [3.63, 3.8) is 0 Å². The van der Waals surface area contributed by atoms with Crippen molar-refractivity contribution in [3.05, 3.63) is 0 Å². The number of likely N-dealkylation sites (N-methyl/N-ethyl adjacent to an activating group) is 1. The number of nitrogens with zero attached hydrogens (tertiary/aromatic N) is 1. The van der Waals surface area contributed by atoms with E-state index in [4.69, 9.17) is 10.5 Å². The van der Waals surface area contributed by atoms with Gasteiger partial charge in [0.25, 0.3) is 0 Å². The predicted octanol–water partition coefficient (Wildman–Crippen LogP) is 0.361. The summed E-state index contributed by atoms with van der Waals surface area (Å²) >= 11 is 0. The summed E-state index contributed by atoms with van der Waals surface area (Å²) in [5, 5.41) is 2.69. The summed E-state index contributed by atoms with van der Waals surface area (Å²) in [7, 11) is 3.23. The highest BCUT2D eigenvalue weighted by molar-refractivity contribution is 5.85. The first kappa shape index (κ1) is 18.9. The molecule has 0 aliphatic carbocycles. The van der Waals surface area contributed by atoms with Gasteiger partial charge >= 0.3 is 0 Å². The number of hydrogen-bond donors (Lipinski definition) is 2. The molecule has 0 aliphatic heterocycles. The number of carbonyl (C=O) groups excluding carboxylic acids is 2. The standard InChI is InChI=1S/C14H29N3O3/c1-11(6-5-7-12(2)15)14(19)17(3)10-13(18)16-8-9-20-4/h11-12H,5-10,15H2,1-4H3,(H,16,18). The lowest BCUT2D eigenvalue weighted by atomic mass is 10.0. The molecule has 0 aromatic rings. The molecule has 3 N–H and O–H groups in total. The minimum absolute atomic E-state index is 0.00318. The molecule has 0 aliphatic rings. The molecule has 0 spiro atoms. The maximum absolute atomic E-state index is 12.1. The molecule has 2 unspecified atom stereocenters. The Morgan fingerprint density at radius 3 is 2.50 bits per heavy atom. The summed E-state index contributed by atoms with van der Waals surface area (Å²) in [6.07, 6.45) is 2.65. The third kappa shape index (κ3) is 8.87. The third-order valence-corrected chi connectivity index (χ3v) is 3.10. The Morgan fingerprint density at radius 1 is 1.30 bits per heavy atom. The molecule has 0 heterocycles. The number of amides is 2. The summed E-state index contributed by atoms with van der Waals surface area (Å²) in [6, 6.07) is 0.168. The molecule has 0 radical (unpaired) electrons. The van der Waals surface area contributed by atoms with Gasteiger partial charge < -0.3 is 20.7 Å². The van der Waals surface area contributed by atoms with E-state index in [-0.39, 0.29) is 30.3 Å². The van der Waals surface area contributed by atoms with E-state index in [1.165, 1.54) is 4.90 Å². The van der Waals surface area contributed by atoms with Crippen LogP contribution in [-0.2, 0) is 14.3 Å². The summed E-state index contributed by atoms with van der Waals surface area (Å²) < 4.78 is 4.84. The van der Waals surface area contributed by atoms with Crippen molar-refractivity contribution >= 4 is 11.8 Å². The van der Waals surface area contributed by atoms with Gasteiger partial charge in [-0.25, -0.2) is 0 Å². The Hall–Kier alpha value is -1.14. The number of ether oxygens (including phenoxy) is 1. The van der Waals surface area contributed by atoms with Gasteiger partial charge in [-0.3, -0.25) is 9.59 Å². The number of hydrogen-bond acceptors (Lipinski definition) is 4. The van der Waals surface area contributed by atoms with E-state index in [9.17, 15) is 9.59 Å². The zero-order chi connectivity index (χ0) is 15.5. The highest BCUT2D eigenvalue weighted by Gasteiger charge is 2.19. The van der Waals surface area contributed by atoms with Gasteiger partial charge in [0.05, 0.1) is 13.2 Å². The fourth-order valence-electron chi connectivity index (χ4n) is 1.89. The van der Waals surface area contributed by atoms with Crippen molar-refractivity contribution in [2.24, 2.45) is 11.7 Å². The second-order valence-corrected chi connectivity index (χ2v) is 5.35. The van der Waals surface area contributed by atoms with Crippen molar-refractivity contribution in [2.45, 2.75) is 39.2 Å². The van der Waals surface area contributed by atoms with Gasteiger partial charge in [0.2, 0.25) is 11.8 Å². The minimum atomic E-state index is -0.166. The van der Waals surface area contributed by atoms with Gasteiger partial charge in [-0.1, -0.05) is 13.3 Å². The maximum atomic E-state index is 12.1. The first-order valence-electron chi connectivity index (χ1n) is 7.14. The van der Waals surface area contributed by atoms with Crippen molar-refractivity contribution in [1.29, 1.82) is 0 Å². The van der Waals surface area contributed by atoms with E-state index in [2.05, 4.69) is 5.32 Å². The quantitative estimate of drug-likeness (QED) is 0.568. The van der Waals surface area contributed by atoms with Crippen LogP contribution in [0, 0.1) is 5.92 Å². The fraction of sp³-hybridized carbons (Fsp3) is 0.857. The number of carbonyl (C=O) groups is 2. The molecule has 6 nitrogen and oxygen atoms in total. The van der Waals surface area contributed by atoms with Crippen molar-refractivity contribution in [2.75, 3.05) is 33.9 Å². The number of methoxy groups -OCH3 is 1. The Labute approximate surface area is 122 Å². The zero-order valence-electron chi connectivity index (χ0n) is 13.1. The normalized spacial score (nSPS) is 13.7. The van der Waals surface area contributed by atoms with Gasteiger partial charge in [0, 0.05) is 32.7 Å². The molecular formula is C14H29N3O3. The van der Waals surface area contributed by atoms with Crippen molar-refractivity contribution in [1.82, 2.24) is 10.2 Å². The smallest absolute Gasteiger partial charge is 0.239 e. The minimum Gasteiger partial charge on any atom is -0.383 e. The van der Waals surface area contributed by atoms with E-state index in [0.29, 0.717) is 13.2 Å². The summed E-state index contributed by atoms with van der Waals surface area (Å²) in [4.78, 5) is 25.1. The van der Waals surface area contributed by atoms with E-state index < -0.39 is 0 Å². The molecular weight excluding hydrogens is 258 g/mol. The molecule has 0 saturated carbocycles. The number of nitrogens with two attached hydrogens (primary N) is 1. The van der Waals surface area contributed by atoms with Crippen molar-refractivity contribution in [3.8, 4) is 0 Å². The highest BCUT2D eigenvalue weighted by atomic mass is 16.5. The number of rotatable bonds is 10. The Kier molecular flexibility index (Phi) is 10.0. The van der Waals surface area contributed by atoms with E-state index >= 15 is 0 Å². The van der Waals surface area contributed by atoms with Gasteiger partial charge in [-0.15, -0.1) is 0 Å². The Morgan fingerprint density at radius 2 is 1.95 bits per heavy atom. The van der Waals surface area contributed by atoms with Crippen LogP contribution in [0.4, 0.5) is 0 Å². The van der Waals surface area contributed by atoms with Crippen LogP contribution in [0.15, 0.2) is 0 Å². The average Bonchev–Trinajstić information content (AvgIpc) is 2.37. The molecule has 20 heavy (non-hydrogen) atoms. The molecule has 0 rings (SSSR count). The topological polar surface area (TPSA) is 84.7 Å². The predicted molar refractivity (Wildman–Crippen MR) is 79.2 cm³/mol. The second kappa shape index (κ2) is 10.6. The lowest BCUT2D eigenvalue weighted by Gasteiger charge is -2.21. The van der Waals surface area contributed by atoms with Crippen LogP contribution in [0.5, 0.6) is 0 Å². The molecule has 0 saturated heterocycles. The lowest BCUT2D eigenvalue weighted by molar-refractivity contribution is -0.137. The van der Waals surface area contributed by atoms with Crippen LogP contribution in [0.2, 0.25) is 0 Å². The molecule has 0 aromatic heterocycles. The van der Waals surface area contributed by atoms with Crippen LogP contribution in [0.1, 0.15) is 33.1 Å². The second-order valence-electron chi connectivity index (χ2n) is 5.35. The monoisotopic (exact) mass is 287 g/mol. The SMILES string of the molecule is COCCNC(=O)CN(C)C(=O)C(C)CCCC(C)N. The van der Waals surface area contributed by atoms with Gasteiger partial charge in [0.15, 0.2) is 0 Å². The molecule has 6 heteroatoms. The first-order chi connectivity index (χ1) is 9.38. The summed E-state index contributed by atoms with van der Waals surface area (Å²) in [5.74, 6) is -0.247. The lowest BCUT2D eigenvalue weighted by Crippen LogP contribution is -2.41. The first-order valence-corrected chi connectivity index (χ1v) is 7.14.